The molecule has 0 aliphatic heterocycles. The number of aromatic nitrogens is 2. The van der Waals surface area contributed by atoms with Gasteiger partial charge in [0, 0.05) is 0 Å². The van der Waals surface area contributed by atoms with E-state index in [4.69, 9.17) is 20.5 Å². The molecule has 0 saturated heterocycles. The molecule has 2 N–H and O–H groups in total. The van der Waals surface area contributed by atoms with Crippen LogP contribution < -0.4 is 15.2 Å². The summed E-state index contributed by atoms with van der Waals surface area (Å²) >= 11 is 0. The highest BCUT2D eigenvalue weighted by atomic mass is 19.1. The lowest BCUT2D eigenvalue weighted by Crippen LogP contribution is -2.01. The number of nitrogen functional groups attached to an aromatic ring is 1. The van der Waals surface area contributed by atoms with E-state index in [-0.39, 0.29) is 28.8 Å². The van der Waals surface area contributed by atoms with Gasteiger partial charge in [0.15, 0.2) is 17.4 Å². The zero-order valence-electron chi connectivity index (χ0n) is 9.92. The number of nitriles is 1. The normalized spacial score (nSPS) is 9.74. The molecular weight excluding hydrogens is 251 g/mol. The van der Waals surface area contributed by atoms with Crippen LogP contribution >= 0.6 is 0 Å². The van der Waals surface area contributed by atoms with Gasteiger partial charge in [-0.05, 0) is 18.2 Å². The molecule has 0 spiro atoms. The molecule has 1 aromatic carbocycles. The van der Waals surface area contributed by atoms with Gasteiger partial charge in [0.05, 0.1) is 18.7 Å². The van der Waals surface area contributed by atoms with Gasteiger partial charge in [-0.1, -0.05) is 0 Å². The van der Waals surface area contributed by atoms with E-state index in [1.807, 2.05) is 6.07 Å². The summed E-state index contributed by atoms with van der Waals surface area (Å²) in [7, 11) is 1.37. The smallest absolute Gasteiger partial charge is 0.268 e. The minimum Gasteiger partial charge on any atom is -0.489 e. The molecule has 0 aliphatic carbocycles. The Morgan fingerprint density at radius 2 is 2.16 bits per heavy atom. The average molecular weight is 260 g/mol. The largest absolute Gasteiger partial charge is 0.489 e. The summed E-state index contributed by atoms with van der Waals surface area (Å²) in [4.78, 5) is 7.55. The fourth-order valence-corrected chi connectivity index (χ4v) is 1.39. The molecule has 0 bridgehead atoms. The number of nitrogens with zero attached hydrogens (tertiary/aromatic N) is 3. The van der Waals surface area contributed by atoms with Crippen LogP contribution in [0.5, 0.6) is 17.4 Å². The van der Waals surface area contributed by atoms with Crippen molar-refractivity contribution < 1.29 is 13.9 Å². The SMILES string of the molecule is COc1c(N)ncnc1Oc1ccc(C#N)cc1F. The summed E-state index contributed by atoms with van der Waals surface area (Å²) in [6.07, 6.45) is 1.18. The third kappa shape index (κ3) is 2.52. The summed E-state index contributed by atoms with van der Waals surface area (Å²) in [5.74, 6) is -0.569. The summed E-state index contributed by atoms with van der Waals surface area (Å²) in [6.45, 7) is 0. The average Bonchev–Trinajstić information content (AvgIpc) is 2.41. The van der Waals surface area contributed by atoms with Crippen molar-refractivity contribution in [1.82, 2.24) is 9.97 Å². The van der Waals surface area contributed by atoms with Gasteiger partial charge in [-0.15, -0.1) is 0 Å². The van der Waals surface area contributed by atoms with Crippen molar-refractivity contribution in [3.05, 3.63) is 35.9 Å². The van der Waals surface area contributed by atoms with E-state index in [0.717, 1.165) is 6.07 Å². The Hall–Kier alpha value is -2.88. The van der Waals surface area contributed by atoms with Gasteiger partial charge < -0.3 is 15.2 Å². The maximum absolute atomic E-state index is 13.7. The highest BCUT2D eigenvalue weighted by Gasteiger charge is 2.14. The molecule has 0 amide bonds. The molecule has 0 unspecified atom stereocenters. The minimum absolute atomic E-state index is 0.00129. The van der Waals surface area contributed by atoms with Crippen LogP contribution in [0.15, 0.2) is 24.5 Å². The minimum atomic E-state index is -0.682. The molecular formula is C12H9FN4O2. The predicted molar refractivity (Wildman–Crippen MR) is 64.2 cm³/mol. The van der Waals surface area contributed by atoms with E-state index in [2.05, 4.69) is 9.97 Å². The molecule has 1 aromatic heterocycles. The molecule has 0 saturated carbocycles. The van der Waals surface area contributed by atoms with Crippen LogP contribution in [0.4, 0.5) is 10.2 Å². The number of halogens is 1. The number of ether oxygens (including phenoxy) is 2. The molecule has 7 heteroatoms. The second kappa shape index (κ2) is 5.18. The summed E-state index contributed by atoms with van der Waals surface area (Å²) in [6, 6.07) is 5.64. The van der Waals surface area contributed by atoms with Gasteiger partial charge in [-0.25, -0.2) is 9.37 Å². The zero-order valence-corrected chi connectivity index (χ0v) is 9.92. The predicted octanol–water partition coefficient (Wildman–Crippen LogP) is 1.87. The van der Waals surface area contributed by atoms with Crippen molar-refractivity contribution in [2.45, 2.75) is 0 Å². The Morgan fingerprint density at radius 3 is 2.79 bits per heavy atom. The van der Waals surface area contributed by atoms with Crippen molar-refractivity contribution in [2.75, 3.05) is 12.8 Å². The van der Waals surface area contributed by atoms with Crippen molar-refractivity contribution in [3.63, 3.8) is 0 Å². The Labute approximate surface area is 108 Å². The first kappa shape index (κ1) is 12.6. The maximum atomic E-state index is 13.7. The first-order valence-corrected chi connectivity index (χ1v) is 5.17. The van der Waals surface area contributed by atoms with E-state index in [9.17, 15) is 4.39 Å². The van der Waals surface area contributed by atoms with Crippen LogP contribution in [-0.4, -0.2) is 17.1 Å². The number of nitrogens with two attached hydrogens (primary N) is 1. The van der Waals surface area contributed by atoms with Crippen LogP contribution in [0.1, 0.15) is 5.56 Å². The van der Waals surface area contributed by atoms with Crippen LogP contribution in [0.25, 0.3) is 0 Å². The van der Waals surface area contributed by atoms with Crippen LogP contribution in [0, 0.1) is 17.1 Å². The monoisotopic (exact) mass is 260 g/mol. The maximum Gasteiger partial charge on any atom is 0.268 e. The molecule has 6 nitrogen and oxygen atoms in total. The van der Waals surface area contributed by atoms with Crippen molar-refractivity contribution in [3.8, 4) is 23.4 Å². The Bertz CT molecular complexity index is 655. The Balaban J connectivity index is 2.37. The van der Waals surface area contributed by atoms with Gasteiger partial charge in [0.2, 0.25) is 5.75 Å². The van der Waals surface area contributed by atoms with Crippen molar-refractivity contribution >= 4 is 5.82 Å². The van der Waals surface area contributed by atoms with Crippen LogP contribution in [-0.2, 0) is 0 Å². The van der Waals surface area contributed by atoms with Crippen molar-refractivity contribution in [1.29, 1.82) is 5.26 Å². The third-order valence-corrected chi connectivity index (χ3v) is 2.27. The molecule has 1 heterocycles. The summed E-state index contributed by atoms with van der Waals surface area (Å²) < 4.78 is 23.9. The lowest BCUT2D eigenvalue weighted by molar-refractivity contribution is 0.361. The summed E-state index contributed by atoms with van der Waals surface area (Å²) in [5, 5.41) is 8.65. The number of hydrogen-bond donors (Lipinski definition) is 1. The molecule has 0 atom stereocenters. The topological polar surface area (TPSA) is 94.1 Å². The van der Waals surface area contributed by atoms with E-state index in [1.54, 1.807) is 0 Å². The fraction of sp³-hybridized carbons (Fsp3) is 0.0833. The standard InChI is InChI=1S/C12H9FN4O2/c1-18-10-11(15)16-6-17-12(10)19-9-3-2-7(5-14)4-8(9)13/h2-4,6H,1H3,(H2,15,16,17). The Morgan fingerprint density at radius 1 is 1.37 bits per heavy atom. The molecule has 0 radical (unpaired) electrons. The van der Waals surface area contributed by atoms with Gasteiger partial charge in [-0.2, -0.15) is 10.2 Å². The highest BCUT2D eigenvalue weighted by Crippen LogP contribution is 2.33. The quantitative estimate of drug-likeness (QED) is 0.905. The van der Waals surface area contributed by atoms with Gasteiger partial charge >= 0.3 is 0 Å². The number of hydrogen-bond acceptors (Lipinski definition) is 6. The van der Waals surface area contributed by atoms with Gasteiger partial charge in [0.1, 0.15) is 6.33 Å². The van der Waals surface area contributed by atoms with Gasteiger partial charge in [-0.3, -0.25) is 0 Å². The lowest BCUT2D eigenvalue weighted by atomic mass is 10.2. The second-order valence-electron chi connectivity index (χ2n) is 3.46. The number of anilines is 1. The van der Waals surface area contributed by atoms with Crippen molar-refractivity contribution in [2.24, 2.45) is 0 Å². The first-order chi connectivity index (χ1) is 9.15. The molecule has 96 valence electrons. The van der Waals surface area contributed by atoms with E-state index < -0.39 is 5.82 Å². The fourth-order valence-electron chi connectivity index (χ4n) is 1.39. The number of methoxy groups -OCH3 is 1. The Kier molecular flexibility index (Phi) is 3.43. The van der Waals surface area contributed by atoms with Gasteiger partial charge in [0.25, 0.3) is 5.88 Å². The molecule has 19 heavy (non-hydrogen) atoms. The zero-order chi connectivity index (χ0) is 13.8. The second-order valence-corrected chi connectivity index (χ2v) is 3.46. The van der Waals surface area contributed by atoms with Crippen LogP contribution in [0.2, 0.25) is 0 Å². The van der Waals surface area contributed by atoms with E-state index in [1.165, 1.54) is 25.6 Å². The molecule has 2 aromatic rings. The molecule has 0 fully saturated rings. The number of rotatable bonds is 3. The summed E-state index contributed by atoms with van der Waals surface area (Å²) in [5.41, 5.74) is 5.77. The molecule has 2 rings (SSSR count). The molecule has 0 aliphatic rings. The first-order valence-electron chi connectivity index (χ1n) is 5.17. The number of benzene rings is 1. The van der Waals surface area contributed by atoms with E-state index >= 15 is 0 Å². The lowest BCUT2D eigenvalue weighted by Gasteiger charge is -2.10. The van der Waals surface area contributed by atoms with Crippen LogP contribution in [0.3, 0.4) is 0 Å². The highest BCUT2D eigenvalue weighted by molar-refractivity contribution is 5.52. The third-order valence-electron chi connectivity index (χ3n) is 2.27. The van der Waals surface area contributed by atoms with E-state index in [0.29, 0.717) is 0 Å².